The molecule has 100 valence electrons. The highest BCUT2D eigenvalue weighted by atomic mass is 19.1. The van der Waals surface area contributed by atoms with Crippen LogP contribution in [-0.2, 0) is 6.42 Å². The highest BCUT2D eigenvalue weighted by Gasteiger charge is 2.23. The maximum atomic E-state index is 13.9. The fraction of sp³-hybridized carbons (Fsp3) is 0.692. The standard InChI is InChI=1S/C13H21FN4/c1-3-11-12(14)13(17-9-16-11)15-8-10-6-5-7-18(10)4-2/h9-10H,3-8H2,1-2H3,(H,15,16,17). The van der Waals surface area contributed by atoms with Crippen LogP contribution in [0, 0.1) is 5.82 Å². The molecule has 1 N–H and O–H groups in total. The molecule has 1 saturated heterocycles. The van der Waals surface area contributed by atoms with Crippen molar-refractivity contribution in [3.8, 4) is 0 Å². The number of halogens is 1. The number of anilines is 1. The van der Waals surface area contributed by atoms with Crippen LogP contribution in [0.15, 0.2) is 6.33 Å². The Morgan fingerprint density at radius 2 is 2.28 bits per heavy atom. The SMILES string of the molecule is CCc1ncnc(NCC2CCCN2CC)c1F. The molecule has 0 aliphatic carbocycles. The first-order valence-electron chi connectivity index (χ1n) is 6.73. The molecule has 1 unspecified atom stereocenters. The van der Waals surface area contributed by atoms with Crippen LogP contribution in [0.25, 0.3) is 0 Å². The zero-order valence-electron chi connectivity index (χ0n) is 11.1. The molecule has 1 fully saturated rings. The van der Waals surface area contributed by atoms with E-state index < -0.39 is 0 Å². The van der Waals surface area contributed by atoms with Gasteiger partial charge in [-0.2, -0.15) is 0 Å². The Morgan fingerprint density at radius 1 is 1.44 bits per heavy atom. The molecule has 1 aromatic rings. The molecule has 5 heteroatoms. The summed E-state index contributed by atoms with van der Waals surface area (Å²) in [7, 11) is 0. The van der Waals surface area contributed by atoms with Gasteiger partial charge >= 0.3 is 0 Å². The van der Waals surface area contributed by atoms with Crippen molar-refractivity contribution >= 4 is 5.82 Å². The molecule has 0 radical (unpaired) electrons. The molecule has 1 aliphatic heterocycles. The van der Waals surface area contributed by atoms with Gasteiger partial charge in [-0.3, -0.25) is 4.90 Å². The Kier molecular flexibility index (Phi) is 4.47. The van der Waals surface area contributed by atoms with Crippen LogP contribution in [0.5, 0.6) is 0 Å². The summed E-state index contributed by atoms with van der Waals surface area (Å²) in [5.41, 5.74) is 0.478. The first-order chi connectivity index (χ1) is 8.76. The van der Waals surface area contributed by atoms with E-state index in [1.54, 1.807) is 0 Å². The number of nitrogens with one attached hydrogen (secondary N) is 1. The number of nitrogens with zero attached hydrogens (tertiary/aromatic N) is 3. The fourth-order valence-electron chi connectivity index (χ4n) is 2.53. The lowest BCUT2D eigenvalue weighted by molar-refractivity contribution is 0.276. The highest BCUT2D eigenvalue weighted by Crippen LogP contribution is 2.18. The molecule has 1 atom stereocenters. The van der Waals surface area contributed by atoms with Crippen molar-refractivity contribution in [3.63, 3.8) is 0 Å². The second-order valence-electron chi connectivity index (χ2n) is 4.64. The molecular weight excluding hydrogens is 231 g/mol. The van der Waals surface area contributed by atoms with E-state index in [-0.39, 0.29) is 5.82 Å². The molecule has 1 aliphatic rings. The fourth-order valence-corrected chi connectivity index (χ4v) is 2.53. The first-order valence-corrected chi connectivity index (χ1v) is 6.73. The van der Waals surface area contributed by atoms with Crippen molar-refractivity contribution in [2.45, 2.75) is 39.2 Å². The van der Waals surface area contributed by atoms with Gasteiger partial charge in [0.2, 0.25) is 0 Å². The van der Waals surface area contributed by atoms with Crippen molar-refractivity contribution in [1.82, 2.24) is 14.9 Å². The topological polar surface area (TPSA) is 41.1 Å². The Bertz CT molecular complexity index is 397. The minimum atomic E-state index is -0.305. The van der Waals surface area contributed by atoms with E-state index in [0.717, 1.165) is 19.6 Å². The average molecular weight is 252 g/mol. The van der Waals surface area contributed by atoms with Crippen molar-refractivity contribution in [2.24, 2.45) is 0 Å². The summed E-state index contributed by atoms with van der Waals surface area (Å²) in [6.45, 7) is 7.02. The normalized spacial score (nSPS) is 20.3. The van der Waals surface area contributed by atoms with E-state index in [0.29, 0.717) is 24.0 Å². The Morgan fingerprint density at radius 3 is 3.00 bits per heavy atom. The zero-order valence-corrected chi connectivity index (χ0v) is 11.1. The monoisotopic (exact) mass is 252 g/mol. The van der Waals surface area contributed by atoms with Crippen molar-refractivity contribution in [2.75, 3.05) is 25.0 Å². The smallest absolute Gasteiger partial charge is 0.186 e. The number of likely N-dealkylation sites (tertiary alicyclic amines) is 1. The summed E-state index contributed by atoms with van der Waals surface area (Å²) in [6.07, 6.45) is 4.42. The minimum Gasteiger partial charge on any atom is -0.366 e. The zero-order chi connectivity index (χ0) is 13.0. The molecule has 2 heterocycles. The first kappa shape index (κ1) is 13.2. The van der Waals surface area contributed by atoms with E-state index in [4.69, 9.17) is 0 Å². The number of likely N-dealkylation sites (N-methyl/N-ethyl adjacent to an activating group) is 1. The second kappa shape index (κ2) is 6.09. The van der Waals surface area contributed by atoms with Gasteiger partial charge in [-0.05, 0) is 32.4 Å². The van der Waals surface area contributed by atoms with Crippen LogP contribution in [-0.4, -0.2) is 40.5 Å². The molecule has 0 aromatic carbocycles. The van der Waals surface area contributed by atoms with Crippen molar-refractivity contribution in [1.29, 1.82) is 0 Å². The quantitative estimate of drug-likeness (QED) is 0.871. The van der Waals surface area contributed by atoms with Gasteiger partial charge in [0.15, 0.2) is 11.6 Å². The molecule has 18 heavy (non-hydrogen) atoms. The van der Waals surface area contributed by atoms with E-state index in [1.165, 1.54) is 19.2 Å². The summed E-state index contributed by atoms with van der Waals surface area (Å²) < 4.78 is 13.9. The lowest BCUT2D eigenvalue weighted by atomic mass is 10.2. The molecule has 4 nitrogen and oxygen atoms in total. The summed E-state index contributed by atoms with van der Waals surface area (Å²) in [4.78, 5) is 10.3. The number of hydrogen-bond acceptors (Lipinski definition) is 4. The van der Waals surface area contributed by atoms with Gasteiger partial charge in [-0.25, -0.2) is 14.4 Å². The average Bonchev–Trinajstić information content (AvgIpc) is 2.85. The maximum Gasteiger partial charge on any atom is 0.186 e. The third-order valence-corrected chi connectivity index (χ3v) is 3.61. The summed E-state index contributed by atoms with van der Waals surface area (Å²) in [6, 6.07) is 0.495. The van der Waals surface area contributed by atoms with Crippen LogP contribution in [0.4, 0.5) is 10.2 Å². The third-order valence-electron chi connectivity index (χ3n) is 3.61. The Hall–Kier alpha value is -1.23. The van der Waals surface area contributed by atoms with Crippen molar-refractivity contribution in [3.05, 3.63) is 17.8 Å². The highest BCUT2D eigenvalue weighted by molar-refractivity contribution is 5.37. The van der Waals surface area contributed by atoms with Gasteiger partial charge in [0.1, 0.15) is 6.33 Å². The minimum absolute atomic E-state index is 0.305. The lowest BCUT2D eigenvalue weighted by Crippen LogP contribution is -2.35. The summed E-state index contributed by atoms with van der Waals surface area (Å²) in [5, 5.41) is 3.13. The van der Waals surface area contributed by atoms with Gasteiger partial charge < -0.3 is 5.32 Å². The van der Waals surface area contributed by atoms with E-state index in [2.05, 4.69) is 27.1 Å². The summed E-state index contributed by atoms with van der Waals surface area (Å²) >= 11 is 0. The van der Waals surface area contributed by atoms with Gasteiger partial charge in [0.05, 0.1) is 5.69 Å². The van der Waals surface area contributed by atoms with Crippen LogP contribution >= 0.6 is 0 Å². The number of hydrogen-bond donors (Lipinski definition) is 1. The molecule has 1 aromatic heterocycles. The predicted molar refractivity (Wildman–Crippen MR) is 70.1 cm³/mol. The number of rotatable bonds is 5. The van der Waals surface area contributed by atoms with Gasteiger partial charge in [-0.1, -0.05) is 13.8 Å². The third kappa shape index (κ3) is 2.77. The van der Waals surface area contributed by atoms with Gasteiger partial charge in [-0.15, -0.1) is 0 Å². The van der Waals surface area contributed by atoms with Crippen molar-refractivity contribution < 1.29 is 4.39 Å². The number of aryl methyl sites for hydroxylation is 1. The Labute approximate surface area is 108 Å². The van der Waals surface area contributed by atoms with E-state index in [1.807, 2.05) is 6.92 Å². The van der Waals surface area contributed by atoms with Gasteiger partial charge in [0.25, 0.3) is 0 Å². The van der Waals surface area contributed by atoms with Crippen LogP contribution in [0.1, 0.15) is 32.4 Å². The largest absolute Gasteiger partial charge is 0.366 e. The predicted octanol–water partition coefficient (Wildman–Crippen LogP) is 2.07. The molecule has 0 amide bonds. The van der Waals surface area contributed by atoms with E-state index >= 15 is 0 Å². The second-order valence-corrected chi connectivity index (χ2v) is 4.64. The van der Waals surface area contributed by atoms with Crippen LogP contribution in [0.3, 0.4) is 0 Å². The number of aromatic nitrogens is 2. The lowest BCUT2D eigenvalue weighted by Gasteiger charge is -2.23. The molecule has 0 bridgehead atoms. The maximum absolute atomic E-state index is 13.9. The van der Waals surface area contributed by atoms with Gasteiger partial charge in [0, 0.05) is 12.6 Å². The van der Waals surface area contributed by atoms with Crippen LogP contribution < -0.4 is 5.32 Å². The molecular formula is C13H21FN4. The Balaban J connectivity index is 1.98. The molecule has 0 saturated carbocycles. The molecule has 0 spiro atoms. The van der Waals surface area contributed by atoms with E-state index in [9.17, 15) is 4.39 Å². The molecule has 2 rings (SSSR count). The van der Waals surface area contributed by atoms with Crippen LogP contribution in [0.2, 0.25) is 0 Å². The summed E-state index contributed by atoms with van der Waals surface area (Å²) in [5.74, 6) is 0.0332.